The fourth-order valence-corrected chi connectivity index (χ4v) is 2.62. The van der Waals surface area contributed by atoms with Gasteiger partial charge in [0.05, 0.1) is 0 Å². The number of nitrogens with zero attached hydrogens (tertiary/aromatic N) is 1. The standard InChI is InChI=1S/C12H25BN2O4/c14-11(12(16)17)10(5-4-6-13(18)19)9-15-7-2-1-3-8-15/h10-11,18-19H,1-9,14H2,(H,16,17)/t10-,11+/m1/s1. The lowest BCUT2D eigenvalue weighted by molar-refractivity contribution is -0.140. The molecule has 0 amide bonds. The van der Waals surface area contributed by atoms with E-state index < -0.39 is 19.1 Å². The van der Waals surface area contributed by atoms with Crippen LogP contribution in [0.3, 0.4) is 0 Å². The van der Waals surface area contributed by atoms with Gasteiger partial charge in [-0.25, -0.2) is 0 Å². The summed E-state index contributed by atoms with van der Waals surface area (Å²) >= 11 is 0. The third-order valence-electron chi connectivity index (χ3n) is 3.77. The molecule has 1 rings (SSSR count). The van der Waals surface area contributed by atoms with Crippen LogP contribution < -0.4 is 5.73 Å². The van der Waals surface area contributed by atoms with Crippen LogP contribution in [-0.2, 0) is 4.79 Å². The van der Waals surface area contributed by atoms with Crippen LogP contribution in [0.25, 0.3) is 0 Å². The zero-order valence-electron chi connectivity index (χ0n) is 11.4. The van der Waals surface area contributed by atoms with Gasteiger partial charge in [-0.3, -0.25) is 4.79 Å². The zero-order chi connectivity index (χ0) is 14.3. The van der Waals surface area contributed by atoms with E-state index in [9.17, 15) is 4.79 Å². The highest BCUT2D eigenvalue weighted by Gasteiger charge is 2.27. The molecule has 1 aliphatic rings. The Balaban J connectivity index is 2.45. The van der Waals surface area contributed by atoms with Crippen LogP contribution in [0, 0.1) is 5.92 Å². The Hall–Kier alpha value is -0.625. The molecule has 1 saturated heterocycles. The molecule has 1 heterocycles. The van der Waals surface area contributed by atoms with Gasteiger partial charge in [0, 0.05) is 6.54 Å². The second kappa shape index (κ2) is 8.53. The van der Waals surface area contributed by atoms with Crippen molar-refractivity contribution in [2.75, 3.05) is 19.6 Å². The van der Waals surface area contributed by atoms with Gasteiger partial charge >= 0.3 is 13.1 Å². The highest BCUT2D eigenvalue weighted by Crippen LogP contribution is 2.18. The second-order valence-corrected chi connectivity index (χ2v) is 5.40. The Bertz CT molecular complexity index is 272. The van der Waals surface area contributed by atoms with Crippen molar-refractivity contribution in [2.24, 2.45) is 11.7 Å². The maximum absolute atomic E-state index is 11.0. The van der Waals surface area contributed by atoms with Gasteiger partial charge in [0.2, 0.25) is 0 Å². The normalized spacial score (nSPS) is 19.9. The minimum absolute atomic E-state index is 0.130. The zero-order valence-corrected chi connectivity index (χ0v) is 11.4. The number of carboxylic acids is 1. The highest BCUT2D eigenvalue weighted by molar-refractivity contribution is 6.40. The van der Waals surface area contributed by atoms with Crippen LogP contribution >= 0.6 is 0 Å². The van der Waals surface area contributed by atoms with Crippen LogP contribution in [0.4, 0.5) is 0 Å². The van der Waals surface area contributed by atoms with Crippen molar-refractivity contribution in [3.8, 4) is 0 Å². The first kappa shape index (κ1) is 16.4. The number of hydrogen-bond donors (Lipinski definition) is 4. The molecule has 7 heteroatoms. The van der Waals surface area contributed by atoms with Gasteiger partial charge in [-0.1, -0.05) is 12.8 Å². The van der Waals surface area contributed by atoms with E-state index in [-0.39, 0.29) is 12.2 Å². The second-order valence-electron chi connectivity index (χ2n) is 5.40. The quantitative estimate of drug-likeness (QED) is 0.454. The van der Waals surface area contributed by atoms with E-state index in [1.165, 1.54) is 6.42 Å². The fraction of sp³-hybridized carbons (Fsp3) is 0.917. The average Bonchev–Trinajstić information content (AvgIpc) is 2.37. The Kier molecular flexibility index (Phi) is 7.37. The van der Waals surface area contributed by atoms with Gasteiger partial charge in [-0.2, -0.15) is 0 Å². The molecule has 0 aromatic heterocycles. The number of carbonyl (C=O) groups is 1. The number of carboxylic acid groups (broad SMARTS) is 1. The Morgan fingerprint density at radius 3 is 2.42 bits per heavy atom. The molecule has 0 aliphatic carbocycles. The van der Waals surface area contributed by atoms with Crippen LogP contribution in [0.2, 0.25) is 6.32 Å². The molecule has 6 nitrogen and oxygen atoms in total. The monoisotopic (exact) mass is 272 g/mol. The number of hydrogen-bond acceptors (Lipinski definition) is 5. The first-order chi connectivity index (χ1) is 9.00. The molecule has 5 N–H and O–H groups in total. The summed E-state index contributed by atoms with van der Waals surface area (Å²) in [5, 5.41) is 26.7. The van der Waals surface area contributed by atoms with E-state index in [1.807, 2.05) is 0 Å². The summed E-state index contributed by atoms with van der Waals surface area (Å²) in [5.41, 5.74) is 5.74. The molecular weight excluding hydrogens is 247 g/mol. The van der Waals surface area contributed by atoms with Gasteiger partial charge in [0.15, 0.2) is 0 Å². The van der Waals surface area contributed by atoms with Crippen molar-refractivity contribution in [1.82, 2.24) is 4.90 Å². The summed E-state index contributed by atoms with van der Waals surface area (Å²) in [6.07, 6.45) is 5.01. The molecule has 110 valence electrons. The summed E-state index contributed by atoms with van der Waals surface area (Å²) in [5.74, 6) is -1.11. The molecule has 2 atom stereocenters. The first-order valence-corrected chi connectivity index (χ1v) is 7.07. The van der Waals surface area contributed by atoms with Gasteiger partial charge in [0.1, 0.15) is 6.04 Å². The van der Waals surface area contributed by atoms with Crippen LogP contribution in [0.15, 0.2) is 0 Å². The fourth-order valence-electron chi connectivity index (χ4n) is 2.62. The van der Waals surface area contributed by atoms with Gasteiger partial charge < -0.3 is 25.8 Å². The van der Waals surface area contributed by atoms with Crippen molar-refractivity contribution < 1.29 is 19.9 Å². The van der Waals surface area contributed by atoms with Crippen molar-refractivity contribution in [3.05, 3.63) is 0 Å². The number of rotatable bonds is 8. The van der Waals surface area contributed by atoms with Crippen LogP contribution in [-0.4, -0.2) is 58.8 Å². The SMILES string of the molecule is N[C@H](C(=O)O)[C@H](CCCB(O)O)CN1CCCCC1. The number of likely N-dealkylation sites (tertiary alicyclic amines) is 1. The molecule has 0 aromatic carbocycles. The smallest absolute Gasteiger partial charge is 0.451 e. The van der Waals surface area contributed by atoms with E-state index in [2.05, 4.69) is 4.90 Å². The van der Waals surface area contributed by atoms with Gasteiger partial charge in [-0.15, -0.1) is 0 Å². The average molecular weight is 272 g/mol. The summed E-state index contributed by atoms with van der Waals surface area (Å²) in [6, 6.07) is -0.877. The Morgan fingerprint density at radius 1 is 1.26 bits per heavy atom. The lowest BCUT2D eigenvalue weighted by Crippen LogP contribution is -2.45. The van der Waals surface area contributed by atoms with E-state index in [4.69, 9.17) is 20.9 Å². The van der Waals surface area contributed by atoms with Crippen LogP contribution in [0.1, 0.15) is 32.1 Å². The number of piperidine rings is 1. The summed E-state index contributed by atoms with van der Waals surface area (Å²) in [6.45, 7) is 2.70. The van der Waals surface area contributed by atoms with Crippen molar-refractivity contribution >= 4 is 13.1 Å². The minimum atomic E-state index is -1.32. The predicted molar refractivity (Wildman–Crippen MR) is 73.6 cm³/mol. The van der Waals surface area contributed by atoms with Crippen molar-refractivity contribution in [2.45, 2.75) is 44.5 Å². The molecule has 0 bridgehead atoms. The van der Waals surface area contributed by atoms with E-state index in [0.717, 1.165) is 25.9 Å². The maximum atomic E-state index is 11.0. The highest BCUT2D eigenvalue weighted by atomic mass is 16.4. The number of nitrogens with two attached hydrogens (primary N) is 1. The molecule has 0 spiro atoms. The van der Waals surface area contributed by atoms with E-state index in [1.54, 1.807) is 0 Å². The molecule has 0 unspecified atom stereocenters. The third kappa shape index (κ3) is 6.38. The summed E-state index contributed by atoms with van der Waals surface area (Å²) in [4.78, 5) is 13.3. The lowest BCUT2D eigenvalue weighted by Gasteiger charge is -2.32. The summed E-state index contributed by atoms with van der Waals surface area (Å²) in [7, 11) is -1.32. The van der Waals surface area contributed by atoms with Gasteiger partial charge in [-0.05, 0) is 44.6 Å². The third-order valence-corrected chi connectivity index (χ3v) is 3.77. The van der Waals surface area contributed by atoms with E-state index in [0.29, 0.717) is 19.4 Å². The van der Waals surface area contributed by atoms with Crippen molar-refractivity contribution in [3.63, 3.8) is 0 Å². The van der Waals surface area contributed by atoms with Crippen LogP contribution in [0.5, 0.6) is 0 Å². The van der Waals surface area contributed by atoms with Gasteiger partial charge in [0.25, 0.3) is 0 Å². The molecule has 1 fully saturated rings. The minimum Gasteiger partial charge on any atom is -0.480 e. The first-order valence-electron chi connectivity index (χ1n) is 7.07. The topological polar surface area (TPSA) is 107 Å². The largest absolute Gasteiger partial charge is 0.480 e. The maximum Gasteiger partial charge on any atom is 0.451 e. The Morgan fingerprint density at radius 2 is 1.89 bits per heavy atom. The van der Waals surface area contributed by atoms with Crippen molar-refractivity contribution in [1.29, 1.82) is 0 Å². The predicted octanol–water partition coefficient (Wildman–Crippen LogP) is -0.247. The molecular formula is C12H25BN2O4. The molecule has 0 saturated carbocycles. The number of aliphatic carboxylic acids is 1. The molecule has 0 radical (unpaired) electrons. The lowest BCUT2D eigenvalue weighted by atomic mass is 9.81. The Labute approximate surface area is 114 Å². The molecule has 0 aromatic rings. The summed E-state index contributed by atoms with van der Waals surface area (Å²) < 4.78 is 0. The molecule has 1 aliphatic heterocycles. The molecule has 19 heavy (non-hydrogen) atoms. The van der Waals surface area contributed by atoms with E-state index >= 15 is 0 Å².